The summed E-state index contributed by atoms with van der Waals surface area (Å²) in [6.07, 6.45) is 3.01. The highest BCUT2D eigenvalue weighted by Gasteiger charge is 2.33. The van der Waals surface area contributed by atoms with Crippen LogP contribution in [0.1, 0.15) is 30.9 Å². The molecular weight excluding hydrogens is 602 g/mol. The zero-order valence-electron chi connectivity index (χ0n) is 22.0. The molecule has 208 valence electrons. The number of sulfonamides is 1. The molecule has 10 heteroatoms. The number of amides is 2. The molecule has 3 aromatic rings. The number of hydrogen-bond donors (Lipinski definition) is 1. The first-order valence-corrected chi connectivity index (χ1v) is 15.7. The van der Waals surface area contributed by atoms with E-state index in [0.717, 1.165) is 29.0 Å². The Morgan fingerprint density at radius 1 is 0.974 bits per heavy atom. The van der Waals surface area contributed by atoms with Crippen LogP contribution in [0.25, 0.3) is 0 Å². The largest absolute Gasteiger partial charge is 0.354 e. The maximum atomic E-state index is 14.0. The predicted octanol–water partition coefficient (Wildman–Crippen LogP) is 5.42. The maximum Gasteiger partial charge on any atom is 0.244 e. The van der Waals surface area contributed by atoms with E-state index in [9.17, 15) is 18.0 Å². The first-order chi connectivity index (χ1) is 18.6. The molecule has 0 aliphatic rings. The average molecular weight is 635 g/mol. The molecule has 7 nitrogen and oxygen atoms in total. The Morgan fingerprint density at radius 3 is 2.26 bits per heavy atom. The third kappa shape index (κ3) is 8.81. The minimum Gasteiger partial charge on any atom is -0.354 e. The lowest BCUT2D eigenvalue weighted by Crippen LogP contribution is -2.53. The number of nitrogens with zero attached hydrogens (tertiary/aromatic N) is 2. The fourth-order valence-corrected chi connectivity index (χ4v) is 5.79. The maximum absolute atomic E-state index is 14.0. The fourth-order valence-electron chi connectivity index (χ4n) is 4.12. The van der Waals surface area contributed by atoms with Gasteiger partial charge in [0.05, 0.1) is 11.9 Å². The Hall–Kier alpha value is -2.88. The predicted molar refractivity (Wildman–Crippen MR) is 160 cm³/mol. The summed E-state index contributed by atoms with van der Waals surface area (Å²) in [5.74, 6) is -0.831. The van der Waals surface area contributed by atoms with Gasteiger partial charge in [-0.2, -0.15) is 0 Å². The van der Waals surface area contributed by atoms with Gasteiger partial charge < -0.3 is 10.2 Å². The van der Waals surface area contributed by atoms with Gasteiger partial charge in [0.15, 0.2) is 0 Å². The molecule has 1 unspecified atom stereocenters. The Kier molecular flexibility index (Phi) is 11.4. The highest BCUT2D eigenvalue weighted by molar-refractivity contribution is 9.10. The van der Waals surface area contributed by atoms with E-state index in [1.807, 2.05) is 37.3 Å². The molecule has 0 aromatic heterocycles. The fraction of sp³-hybridized carbons (Fsp3) is 0.310. The van der Waals surface area contributed by atoms with E-state index in [0.29, 0.717) is 27.3 Å². The Morgan fingerprint density at radius 2 is 1.62 bits per heavy atom. The van der Waals surface area contributed by atoms with Crippen molar-refractivity contribution in [2.24, 2.45) is 0 Å². The van der Waals surface area contributed by atoms with Crippen LogP contribution in [-0.2, 0) is 32.6 Å². The Labute approximate surface area is 244 Å². The van der Waals surface area contributed by atoms with Gasteiger partial charge in [-0.05, 0) is 51.7 Å². The monoisotopic (exact) mass is 633 g/mol. The van der Waals surface area contributed by atoms with Crippen molar-refractivity contribution in [3.8, 4) is 0 Å². The van der Waals surface area contributed by atoms with Crippen molar-refractivity contribution in [2.45, 2.75) is 38.8 Å². The summed E-state index contributed by atoms with van der Waals surface area (Å²) in [6, 6.07) is 22.4. The van der Waals surface area contributed by atoms with Gasteiger partial charge in [0.2, 0.25) is 21.8 Å². The zero-order valence-corrected chi connectivity index (χ0v) is 25.2. The van der Waals surface area contributed by atoms with Gasteiger partial charge in [-0.15, -0.1) is 0 Å². The third-order valence-electron chi connectivity index (χ3n) is 6.20. The molecule has 0 fully saturated rings. The van der Waals surface area contributed by atoms with Gasteiger partial charge in [-0.25, -0.2) is 8.42 Å². The number of anilines is 1. The summed E-state index contributed by atoms with van der Waals surface area (Å²) < 4.78 is 27.3. The van der Waals surface area contributed by atoms with Crippen LogP contribution in [0.2, 0.25) is 5.02 Å². The van der Waals surface area contributed by atoms with E-state index in [2.05, 4.69) is 21.2 Å². The van der Waals surface area contributed by atoms with Gasteiger partial charge in [-0.3, -0.25) is 13.9 Å². The van der Waals surface area contributed by atoms with Crippen molar-refractivity contribution in [3.05, 3.63) is 99.5 Å². The second-order valence-electron chi connectivity index (χ2n) is 9.18. The zero-order chi connectivity index (χ0) is 28.4. The van der Waals surface area contributed by atoms with Crippen LogP contribution in [0.3, 0.4) is 0 Å². The number of hydrogen-bond acceptors (Lipinski definition) is 4. The summed E-state index contributed by atoms with van der Waals surface area (Å²) in [7, 11) is -3.84. The minimum atomic E-state index is -3.84. The van der Waals surface area contributed by atoms with E-state index >= 15 is 0 Å². The highest BCUT2D eigenvalue weighted by atomic mass is 79.9. The highest BCUT2D eigenvalue weighted by Crippen LogP contribution is 2.28. The van der Waals surface area contributed by atoms with E-state index < -0.39 is 28.5 Å². The average Bonchev–Trinajstić information content (AvgIpc) is 2.90. The van der Waals surface area contributed by atoms with E-state index in [1.165, 1.54) is 4.90 Å². The summed E-state index contributed by atoms with van der Waals surface area (Å²) >= 11 is 9.86. The van der Waals surface area contributed by atoms with Crippen LogP contribution in [0, 0.1) is 0 Å². The molecule has 0 saturated heterocycles. The Balaban J connectivity index is 2.05. The van der Waals surface area contributed by atoms with Crippen LogP contribution in [0.15, 0.2) is 83.3 Å². The lowest BCUT2D eigenvalue weighted by molar-refractivity contribution is -0.140. The van der Waals surface area contributed by atoms with Crippen molar-refractivity contribution in [1.82, 2.24) is 10.2 Å². The molecule has 0 aliphatic heterocycles. The smallest absolute Gasteiger partial charge is 0.244 e. The van der Waals surface area contributed by atoms with Crippen LogP contribution < -0.4 is 9.62 Å². The number of halogens is 2. The normalized spacial score (nSPS) is 12.0. The molecule has 0 saturated carbocycles. The summed E-state index contributed by atoms with van der Waals surface area (Å²) in [6.45, 7) is 2.05. The van der Waals surface area contributed by atoms with Crippen molar-refractivity contribution in [2.75, 3.05) is 23.7 Å². The standard InChI is InChI=1S/C29H33BrClN3O4S/c1-3-4-18-32-29(36)27(19-22-12-6-5-7-13-22)33(20-23-14-8-10-16-25(23)31)28(35)21-34(39(2,37)38)26-17-11-9-15-24(26)30/h5-17,27H,3-4,18-21H2,1-2H3,(H,32,36). The number of para-hydroxylation sites is 1. The molecule has 2 amide bonds. The van der Waals surface area contributed by atoms with Crippen molar-refractivity contribution >= 4 is 55.1 Å². The van der Waals surface area contributed by atoms with E-state index in [-0.39, 0.29) is 18.9 Å². The number of carbonyl (C=O) groups excluding carboxylic acids is 2. The molecular formula is C29H33BrClN3O4S. The molecule has 39 heavy (non-hydrogen) atoms. The van der Waals surface area contributed by atoms with Gasteiger partial charge in [0.25, 0.3) is 0 Å². The van der Waals surface area contributed by atoms with Crippen molar-refractivity contribution < 1.29 is 18.0 Å². The minimum absolute atomic E-state index is 0.0325. The lowest BCUT2D eigenvalue weighted by Gasteiger charge is -2.34. The van der Waals surface area contributed by atoms with Gasteiger partial charge >= 0.3 is 0 Å². The van der Waals surface area contributed by atoms with Crippen molar-refractivity contribution in [3.63, 3.8) is 0 Å². The second-order valence-corrected chi connectivity index (χ2v) is 12.4. The summed E-state index contributed by atoms with van der Waals surface area (Å²) in [5, 5.41) is 3.41. The SMILES string of the molecule is CCCCNC(=O)C(Cc1ccccc1)N(Cc1ccccc1Cl)C(=O)CN(c1ccccc1Br)S(C)(=O)=O. The number of benzene rings is 3. The van der Waals surface area contributed by atoms with Crippen molar-refractivity contribution in [1.29, 1.82) is 0 Å². The summed E-state index contributed by atoms with van der Waals surface area (Å²) in [5.41, 5.74) is 1.85. The third-order valence-corrected chi connectivity index (χ3v) is 8.37. The second kappa shape index (κ2) is 14.5. The molecule has 0 heterocycles. The van der Waals surface area contributed by atoms with E-state index in [1.54, 1.807) is 48.5 Å². The van der Waals surface area contributed by atoms with E-state index in [4.69, 9.17) is 11.6 Å². The molecule has 0 bridgehead atoms. The molecule has 3 aromatic carbocycles. The summed E-state index contributed by atoms with van der Waals surface area (Å²) in [4.78, 5) is 29.1. The van der Waals surface area contributed by atoms with Crippen LogP contribution in [0.4, 0.5) is 5.69 Å². The van der Waals surface area contributed by atoms with Crippen LogP contribution in [-0.4, -0.2) is 50.5 Å². The van der Waals surface area contributed by atoms with Crippen LogP contribution >= 0.6 is 27.5 Å². The number of nitrogens with one attached hydrogen (secondary N) is 1. The van der Waals surface area contributed by atoms with Crippen LogP contribution in [0.5, 0.6) is 0 Å². The molecule has 1 atom stereocenters. The quantitative estimate of drug-likeness (QED) is 0.254. The first-order valence-electron chi connectivity index (χ1n) is 12.7. The molecule has 3 rings (SSSR count). The molecule has 0 aliphatic carbocycles. The van der Waals surface area contributed by atoms with Gasteiger partial charge in [-0.1, -0.05) is 85.6 Å². The molecule has 0 radical (unpaired) electrons. The first kappa shape index (κ1) is 30.7. The molecule has 1 N–H and O–H groups in total. The Bertz CT molecular complexity index is 1370. The number of unbranched alkanes of at least 4 members (excludes halogenated alkanes) is 1. The van der Waals surface area contributed by atoms with Gasteiger partial charge in [0.1, 0.15) is 12.6 Å². The lowest BCUT2D eigenvalue weighted by atomic mass is 10.0. The number of carbonyl (C=O) groups is 2. The number of rotatable bonds is 13. The van der Waals surface area contributed by atoms with Gasteiger partial charge in [0, 0.05) is 29.0 Å². The molecule has 0 spiro atoms. The topological polar surface area (TPSA) is 86.8 Å².